The number of H-pyrrole nitrogens is 1. The van der Waals surface area contributed by atoms with Crippen LogP contribution in [0.5, 0.6) is 0 Å². The van der Waals surface area contributed by atoms with Crippen molar-refractivity contribution in [2.75, 3.05) is 17.7 Å². The summed E-state index contributed by atoms with van der Waals surface area (Å²) in [6.07, 6.45) is 1.39. The maximum Gasteiger partial charge on any atom is 0.341 e. The lowest BCUT2D eigenvalue weighted by atomic mass is 10.2. The normalized spacial score (nSPS) is 11.6. The standard InChI is InChI=1S/C17H20F2N4O5S/c1-3-4-9-23-13(20)12(14(24)21-17(23)26)22(2)15(25)10-5-7-11(8-6-10)29(27,28)16(18)19/h5-8,16H,3-4,9,20H2,1-2H3,(H,21,24,26). The summed E-state index contributed by atoms with van der Waals surface area (Å²) in [5, 5.41) is 0. The van der Waals surface area contributed by atoms with Crippen LogP contribution < -0.4 is 21.9 Å². The van der Waals surface area contributed by atoms with Crippen LogP contribution >= 0.6 is 0 Å². The number of carbonyl (C=O) groups is 1. The maximum absolute atomic E-state index is 12.7. The van der Waals surface area contributed by atoms with Gasteiger partial charge in [-0.15, -0.1) is 0 Å². The van der Waals surface area contributed by atoms with Gasteiger partial charge in [-0.2, -0.15) is 8.78 Å². The number of carbonyl (C=O) groups excluding carboxylic acids is 1. The van der Waals surface area contributed by atoms with E-state index in [0.29, 0.717) is 6.42 Å². The Balaban J connectivity index is 2.43. The van der Waals surface area contributed by atoms with Gasteiger partial charge in [-0.3, -0.25) is 19.1 Å². The minimum atomic E-state index is -4.80. The van der Waals surface area contributed by atoms with Crippen molar-refractivity contribution in [2.45, 2.75) is 37.0 Å². The molecular weight excluding hydrogens is 410 g/mol. The fraction of sp³-hybridized carbons (Fsp3) is 0.353. The summed E-state index contributed by atoms with van der Waals surface area (Å²) in [7, 11) is -3.54. The molecular formula is C17H20F2N4O5S. The van der Waals surface area contributed by atoms with Crippen molar-refractivity contribution in [3.8, 4) is 0 Å². The molecule has 1 heterocycles. The van der Waals surface area contributed by atoms with Gasteiger partial charge in [0.05, 0.1) is 4.90 Å². The number of amides is 1. The Hall–Kier alpha value is -3.02. The molecule has 1 aromatic carbocycles. The van der Waals surface area contributed by atoms with Gasteiger partial charge in [0.15, 0.2) is 5.69 Å². The largest absolute Gasteiger partial charge is 0.383 e. The summed E-state index contributed by atoms with van der Waals surface area (Å²) < 4.78 is 49.3. The first-order valence-electron chi connectivity index (χ1n) is 8.55. The third-order valence-corrected chi connectivity index (χ3v) is 5.65. The number of halogens is 2. The molecule has 0 fully saturated rings. The molecule has 0 atom stereocenters. The van der Waals surface area contributed by atoms with Crippen LogP contribution in [0.15, 0.2) is 38.8 Å². The third-order valence-electron chi connectivity index (χ3n) is 4.25. The summed E-state index contributed by atoms with van der Waals surface area (Å²) in [5.74, 6) is -4.53. The van der Waals surface area contributed by atoms with E-state index in [1.54, 1.807) is 0 Å². The number of alkyl halides is 2. The molecule has 0 saturated carbocycles. The second kappa shape index (κ2) is 8.55. The maximum atomic E-state index is 12.7. The molecule has 2 rings (SSSR count). The molecule has 0 radical (unpaired) electrons. The van der Waals surface area contributed by atoms with Crippen LogP contribution in [0, 0.1) is 0 Å². The van der Waals surface area contributed by atoms with E-state index in [1.165, 1.54) is 7.05 Å². The lowest BCUT2D eigenvalue weighted by Gasteiger charge is -2.20. The van der Waals surface area contributed by atoms with Gasteiger partial charge in [-0.1, -0.05) is 13.3 Å². The Kier molecular flexibility index (Phi) is 6.57. The molecule has 0 unspecified atom stereocenters. The number of nitrogen functional groups attached to an aromatic ring is 1. The van der Waals surface area contributed by atoms with Crippen LogP contribution in [0.1, 0.15) is 30.1 Å². The zero-order valence-electron chi connectivity index (χ0n) is 15.7. The van der Waals surface area contributed by atoms with Gasteiger partial charge < -0.3 is 10.6 Å². The Bertz CT molecular complexity index is 1120. The van der Waals surface area contributed by atoms with Gasteiger partial charge in [0.1, 0.15) is 5.82 Å². The first-order valence-corrected chi connectivity index (χ1v) is 10.1. The molecule has 1 aromatic heterocycles. The molecule has 29 heavy (non-hydrogen) atoms. The minimum Gasteiger partial charge on any atom is -0.383 e. The Morgan fingerprint density at radius 2 is 1.83 bits per heavy atom. The molecule has 0 spiro atoms. The lowest BCUT2D eigenvalue weighted by Crippen LogP contribution is -2.39. The Morgan fingerprint density at radius 1 is 1.24 bits per heavy atom. The van der Waals surface area contributed by atoms with Crippen LogP contribution in [-0.4, -0.2) is 36.7 Å². The van der Waals surface area contributed by atoms with Crippen LogP contribution in [0.3, 0.4) is 0 Å². The van der Waals surface area contributed by atoms with Gasteiger partial charge in [0.25, 0.3) is 11.5 Å². The molecule has 1 amide bonds. The Labute approximate surface area is 164 Å². The second-order valence-corrected chi connectivity index (χ2v) is 8.11. The average Bonchev–Trinajstić information content (AvgIpc) is 2.66. The third kappa shape index (κ3) is 4.36. The van der Waals surface area contributed by atoms with E-state index in [9.17, 15) is 31.6 Å². The predicted molar refractivity (Wildman–Crippen MR) is 103 cm³/mol. The van der Waals surface area contributed by atoms with Crippen molar-refractivity contribution in [3.63, 3.8) is 0 Å². The van der Waals surface area contributed by atoms with Gasteiger partial charge in [0, 0.05) is 19.2 Å². The van der Waals surface area contributed by atoms with Crippen LogP contribution in [0.4, 0.5) is 20.3 Å². The molecule has 9 nitrogen and oxygen atoms in total. The highest BCUT2D eigenvalue weighted by Crippen LogP contribution is 2.21. The quantitative estimate of drug-likeness (QED) is 0.677. The van der Waals surface area contributed by atoms with Crippen molar-refractivity contribution >= 4 is 27.2 Å². The highest BCUT2D eigenvalue weighted by molar-refractivity contribution is 7.91. The fourth-order valence-corrected chi connectivity index (χ4v) is 3.35. The van der Waals surface area contributed by atoms with Crippen molar-refractivity contribution in [3.05, 3.63) is 50.7 Å². The van der Waals surface area contributed by atoms with Crippen LogP contribution in [0.2, 0.25) is 0 Å². The highest BCUT2D eigenvalue weighted by Gasteiger charge is 2.27. The summed E-state index contributed by atoms with van der Waals surface area (Å²) in [4.78, 5) is 39.2. The van der Waals surface area contributed by atoms with Gasteiger partial charge in [-0.25, -0.2) is 13.2 Å². The molecule has 0 aliphatic heterocycles. The number of sulfone groups is 1. The minimum absolute atomic E-state index is 0.0641. The highest BCUT2D eigenvalue weighted by atomic mass is 32.2. The van der Waals surface area contributed by atoms with Gasteiger partial charge >= 0.3 is 11.4 Å². The first kappa shape index (κ1) is 22.3. The van der Waals surface area contributed by atoms with E-state index >= 15 is 0 Å². The number of hydrogen-bond acceptors (Lipinski definition) is 6. The number of hydrogen-bond donors (Lipinski definition) is 2. The Morgan fingerprint density at radius 3 is 2.34 bits per heavy atom. The average molecular weight is 430 g/mol. The van der Waals surface area contributed by atoms with E-state index in [0.717, 1.165) is 40.2 Å². The number of aromatic amines is 1. The topological polar surface area (TPSA) is 135 Å². The van der Waals surface area contributed by atoms with E-state index in [4.69, 9.17) is 5.73 Å². The zero-order chi connectivity index (χ0) is 21.9. The van der Waals surface area contributed by atoms with E-state index in [-0.39, 0.29) is 23.6 Å². The SMILES string of the molecule is CCCCn1c(N)c(N(C)C(=O)c2ccc(S(=O)(=O)C(F)F)cc2)c(=O)[nH]c1=O. The van der Waals surface area contributed by atoms with E-state index < -0.39 is 37.6 Å². The molecule has 0 saturated heterocycles. The predicted octanol–water partition coefficient (Wildman–Crippen LogP) is 1.19. The fourth-order valence-electron chi connectivity index (χ4n) is 2.62. The molecule has 0 aliphatic carbocycles. The van der Waals surface area contributed by atoms with Crippen molar-refractivity contribution < 1.29 is 22.0 Å². The lowest BCUT2D eigenvalue weighted by molar-refractivity contribution is 0.0992. The second-order valence-electron chi connectivity index (χ2n) is 6.19. The molecule has 0 bridgehead atoms. The summed E-state index contributed by atoms with van der Waals surface area (Å²) in [6, 6.07) is 3.84. The zero-order valence-corrected chi connectivity index (χ0v) is 16.5. The number of nitrogens with two attached hydrogens (primary N) is 1. The van der Waals surface area contributed by atoms with E-state index in [2.05, 4.69) is 4.98 Å². The number of nitrogens with zero attached hydrogens (tertiary/aromatic N) is 2. The van der Waals surface area contributed by atoms with Crippen LogP contribution in [0.25, 0.3) is 0 Å². The molecule has 12 heteroatoms. The first-order chi connectivity index (χ1) is 13.5. The van der Waals surface area contributed by atoms with E-state index in [1.807, 2.05) is 6.92 Å². The number of anilines is 2. The summed E-state index contributed by atoms with van der Waals surface area (Å²) in [5.41, 5.74) is 4.06. The number of rotatable bonds is 7. The molecule has 2 aromatic rings. The summed E-state index contributed by atoms with van der Waals surface area (Å²) in [6.45, 7) is 2.15. The van der Waals surface area contributed by atoms with Crippen molar-refractivity contribution in [1.82, 2.24) is 9.55 Å². The molecule has 158 valence electrons. The van der Waals surface area contributed by atoms with Crippen LogP contribution in [-0.2, 0) is 16.4 Å². The summed E-state index contributed by atoms with van der Waals surface area (Å²) >= 11 is 0. The van der Waals surface area contributed by atoms with Gasteiger partial charge in [-0.05, 0) is 30.7 Å². The molecule has 3 N–H and O–H groups in total. The van der Waals surface area contributed by atoms with Crippen molar-refractivity contribution in [1.29, 1.82) is 0 Å². The molecule has 0 aliphatic rings. The smallest absolute Gasteiger partial charge is 0.341 e. The monoisotopic (exact) mass is 430 g/mol. The number of nitrogens with one attached hydrogen (secondary N) is 1. The number of benzene rings is 1. The number of aromatic nitrogens is 2. The van der Waals surface area contributed by atoms with Crippen molar-refractivity contribution in [2.24, 2.45) is 0 Å². The van der Waals surface area contributed by atoms with Gasteiger partial charge in [0.2, 0.25) is 9.84 Å². The number of unbranched alkanes of at least 4 members (excludes halogenated alkanes) is 1.